The van der Waals surface area contributed by atoms with Crippen molar-refractivity contribution in [3.05, 3.63) is 0 Å². The van der Waals surface area contributed by atoms with E-state index in [2.05, 4.69) is 0 Å². The van der Waals surface area contributed by atoms with Gasteiger partial charge in [0.25, 0.3) is 0 Å². The molecule has 0 saturated carbocycles. The van der Waals surface area contributed by atoms with Gasteiger partial charge in [0.15, 0.2) is 0 Å². The van der Waals surface area contributed by atoms with Gasteiger partial charge in [-0.25, -0.2) is 0 Å². The number of carboxylic acids is 2. The van der Waals surface area contributed by atoms with Crippen molar-refractivity contribution in [3.8, 4) is 0 Å². The number of carbonyl (C=O) groups excluding carboxylic acids is 3. The second kappa shape index (κ2) is 13.1. The normalized spacial score (nSPS) is 14.8. The van der Waals surface area contributed by atoms with Gasteiger partial charge in [-0.05, 0) is 6.16 Å². The SMILES string of the molecule is O=C([O-])C(O)C(O)C(O)C(O)C(=O)[O-].O=C([O-])[O-].[Fe+2].[Fe+2]. The van der Waals surface area contributed by atoms with E-state index in [0.29, 0.717) is 0 Å². The third-order valence-corrected chi connectivity index (χ3v) is 1.48. The van der Waals surface area contributed by atoms with Crippen LogP contribution in [0.1, 0.15) is 0 Å². The Balaban J connectivity index is -0.000000188. The van der Waals surface area contributed by atoms with Crippen molar-refractivity contribution in [3.63, 3.8) is 0 Å². The maximum absolute atomic E-state index is 9.96. The number of carboxylic acid groups (broad SMARTS) is 4. The zero-order valence-corrected chi connectivity index (χ0v) is 11.4. The van der Waals surface area contributed by atoms with E-state index in [1.54, 1.807) is 0 Å². The fourth-order valence-corrected chi connectivity index (χ4v) is 0.652. The van der Waals surface area contributed by atoms with Crippen LogP contribution in [0, 0.1) is 0 Å². The number of aliphatic hydroxyl groups excluding tert-OH is 4. The first-order chi connectivity index (χ1) is 8.02. The van der Waals surface area contributed by atoms with Crippen molar-refractivity contribution >= 4 is 18.1 Å². The molecule has 4 N–H and O–H groups in total. The van der Waals surface area contributed by atoms with Crippen LogP contribution in [-0.4, -0.2) is 62.9 Å². The molecule has 20 heavy (non-hydrogen) atoms. The van der Waals surface area contributed by atoms with Gasteiger partial charge in [0, 0.05) is 0 Å². The van der Waals surface area contributed by atoms with Crippen molar-refractivity contribution in [1.82, 2.24) is 0 Å². The first-order valence-electron chi connectivity index (χ1n) is 4.04. The van der Waals surface area contributed by atoms with Crippen LogP contribution in [0.3, 0.4) is 0 Å². The monoisotopic (exact) mass is 380 g/mol. The zero-order chi connectivity index (χ0) is 15.0. The Hall–Kier alpha value is -0.911. The van der Waals surface area contributed by atoms with Crippen LogP contribution in [-0.2, 0) is 43.7 Å². The van der Waals surface area contributed by atoms with Gasteiger partial charge in [0.1, 0.15) is 24.4 Å². The predicted octanol–water partition coefficient (Wildman–Crippen LogP) is -8.52. The van der Waals surface area contributed by atoms with Crippen molar-refractivity contribution in [2.75, 3.05) is 0 Å². The van der Waals surface area contributed by atoms with E-state index in [9.17, 15) is 19.8 Å². The molecule has 0 rings (SSSR count). The summed E-state index contributed by atoms with van der Waals surface area (Å²) in [7, 11) is 0. The molecular formula is C7H8Fe2O11. The van der Waals surface area contributed by atoms with Gasteiger partial charge in [-0.1, -0.05) is 0 Å². The summed E-state index contributed by atoms with van der Waals surface area (Å²) in [6.07, 6.45) is -12.1. The van der Waals surface area contributed by atoms with Crippen molar-refractivity contribution in [1.29, 1.82) is 0 Å². The molecule has 0 aliphatic rings. The van der Waals surface area contributed by atoms with E-state index in [-0.39, 0.29) is 34.1 Å². The first kappa shape index (κ1) is 27.4. The van der Waals surface area contributed by atoms with Crippen LogP contribution in [0.5, 0.6) is 0 Å². The van der Waals surface area contributed by atoms with Gasteiger partial charge in [-0.15, -0.1) is 0 Å². The number of aliphatic carboxylic acids is 2. The molecule has 0 heterocycles. The average molecular weight is 380 g/mol. The second-order valence-corrected chi connectivity index (χ2v) is 2.76. The van der Waals surface area contributed by atoms with Crippen LogP contribution in [0.2, 0.25) is 0 Å². The van der Waals surface area contributed by atoms with E-state index in [0.717, 1.165) is 0 Å². The van der Waals surface area contributed by atoms with Crippen LogP contribution in [0.25, 0.3) is 0 Å². The molecule has 4 atom stereocenters. The molecule has 0 spiro atoms. The van der Waals surface area contributed by atoms with Gasteiger partial charge in [0.05, 0.1) is 11.9 Å². The number of carbonyl (C=O) groups is 3. The summed E-state index contributed by atoms with van der Waals surface area (Å²) in [6.45, 7) is 0. The Labute approximate surface area is 132 Å². The molecule has 0 radical (unpaired) electrons. The van der Waals surface area contributed by atoms with E-state index in [1.165, 1.54) is 0 Å². The minimum absolute atomic E-state index is 0. The average Bonchev–Trinajstić information content (AvgIpc) is 2.23. The molecule has 0 aromatic heterocycles. The molecule has 0 aliphatic carbocycles. The summed E-state index contributed by atoms with van der Waals surface area (Å²) in [5.74, 6) is -4.22. The summed E-state index contributed by atoms with van der Waals surface area (Å²) in [4.78, 5) is 28.3. The third kappa shape index (κ3) is 12.1. The molecular weight excluding hydrogens is 372 g/mol. The molecule has 0 aliphatic heterocycles. The maximum Gasteiger partial charge on any atom is 2.00 e. The molecule has 0 fully saturated rings. The number of aliphatic hydroxyl groups is 4. The Morgan fingerprint density at radius 1 is 0.650 bits per heavy atom. The van der Waals surface area contributed by atoms with E-state index in [1.807, 2.05) is 0 Å². The van der Waals surface area contributed by atoms with Crippen molar-refractivity contribution in [2.24, 2.45) is 0 Å². The van der Waals surface area contributed by atoms with Crippen LogP contribution in [0.4, 0.5) is 4.79 Å². The quantitative estimate of drug-likeness (QED) is 0.328. The van der Waals surface area contributed by atoms with Crippen molar-refractivity contribution < 1.29 is 89.4 Å². The van der Waals surface area contributed by atoms with E-state index >= 15 is 0 Å². The number of rotatable bonds is 5. The standard InChI is InChI=1S/C6H10O8.CH2O3.2Fe/c7-1(3(9)5(11)12)2(8)4(10)6(13)14;2-1(3)4;;/h1-4,7-10H,(H,11,12)(H,13,14);(H2,2,3,4);;/q;;2*+2/p-4. The Kier molecular flexibility index (Phi) is 18.0. The first-order valence-corrected chi connectivity index (χ1v) is 4.04. The van der Waals surface area contributed by atoms with Gasteiger partial charge in [0.2, 0.25) is 0 Å². The smallest absolute Gasteiger partial charge is 0.652 e. The topological polar surface area (TPSA) is 224 Å². The van der Waals surface area contributed by atoms with Gasteiger partial charge < -0.3 is 55.2 Å². The Morgan fingerprint density at radius 3 is 0.900 bits per heavy atom. The van der Waals surface area contributed by atoms with Gasteiger partial charge in [-0.2, -0.15) is 0 Å². The molecule has 0 saturated heterocycles. The third-order valence-electron chi connectivity index (χ3n) is 1.48. The molecule has 0 amide bonds. The second-order valence-electron chi connectivity index (χ2n) is 2.76. The zero-order valence-electron chi connectivity index (χ0n) is 9.16. The van der Waals surface area contributed by atoms with Crippen molar-refractivity contribution in [2.45, 2.75) is 24.4 Å². The molecule has 0 bridgehead atoms. The summed E-state index contributed by atoms with van der Waals surface area (Å²) in [6, 6.07) is 0. The predicted molar refractivity (Wildman–Crippen MR) is 39.4 cm³/mol. The Bertz CT molecular complexity index is 281. The fraction of sp³-hybridized carbons (Fsp3) is 0.571. The molecule has 118 valence electrons. The van der Waals surface area contributed by atoms with Gasteiger partial charge >= 0.3 is 34.1 Å². The largest absolute Gasteiger partial charge is 2.00 e. The minimum Gasteiger partial charge on any atom is -0.652 e. The van der Waals surface area contributed by atoms with Crippen LogP contribution in [0.15, 0.2) is 0 Å². The minimum atomic E-state index is -2.50. The van der Waals surface area contributed by atoms with Crippen LogP contribution < -0.4 is 20.4 Å². The van der Waals surface area contributed by atoms with E-state index < -0.39 is 42.5 Å². The summed E-state index contributed by atoms with van der Waals surface area (Å²) >= 11 is 0. The Morgan fingerprint density at radius 2 is 0.800 bits per heavy atom. The number of hydrogen-bond acceptors (Lipinski definition) is 11. The molecule has 13 heteroatoms. The number of hydrogen-bond donors (Lipinski definition) is 4. The van der Waals surface area contributed by atoms with E-state index in [4.69, 9.17) is 35.4 Å². The molecule has 4 unspecified atom stereocenters. The maximum atomic E-state index is 9.96. The fourth-order valence-electron chi connectivity index (χ4n) is 0.652. The molecule has 0 aromatic carbocycles. The van der Waals surface area contributed by atoms with Gasteiger partial charge in [-0.3, -0.25) is 0 Å². The summed E-state index contributed by atoms with van der Waals surface area (Å²) in [5.41, 5.74) is 0. The molecule has 0 aromatic rings. The summed E-state index contributed by atoms with van der Waals surface area (Å²) < 4.78 is 0. The van der Waals surface area contributed by atoms with Crippen LogP contribution >= 0.6 is 0 Å². The summed E-state index contributed by atoms with van der Waals surface area (Å²) in [5, 5.41) is 71.4. The molecule has 11 nitrogen and oxygen atoms in total.